The van der Waals surface area contributed by atoms with Crippen molar-refractivity contribution in [1.29, 1.82) is 0 Å². The summed E-state index contributed by atoms with van der Waals surface area (Å²) >= 11 is 0. The molecular formula is C28H50N7O6P. The average molecular weight is 612 g/mol. The Hall–Kier alpha value is -2.60. The van der Waals surface area contributed by atoms with Crippen molar-refractivity contribution in [2.75, 3.05) is 25.3 Å². The van der Waals surface area contributed by atoms with Gasteiger partial charge in [-0.1, -0.05) is 52.4 Å². The number of nitrogen functional groups attached to an aromatic ring is 1. The molecule has 2 heterocycles. The number of imidazole rings is 1. The van der Waals surface area contributed by atoms with Crippen molar-refractivity contribution >= 4 is 36.4 Å². The highest BCUT2D eigenvalue weighted by Crippen LogP contribution is 2.40. The Labute approximate surface area is 249 Å². The Kier molecular flexibility index (Phi) is 14.8. The first kappa shape index (κ1) is 35.6. The molecule has 2 aromatic heterocycles. The summed E-state index contributed by atoms with van der Waals surface area (Å²) in [5.74, 6) is -0.793. The van der Waals surface area contributed by atoms with Crippen LogP contribution in [-0.2, 0) is 34.9 Å². The third-order valence-corrected chi connectivity index (χ3v) is 8.86. The summed E-state index contributed by atoms with van der Waals surface area (Å²) in [4.78, 5) is 38.1. The summed E-state index contributed by atoms with van der Waals surface area (Å²) in [5.41, 5.74) is 5.60. The number of aromatic nitrogens is 4. The highest BCUT2D eigenvalue weighted by Gasteiger charge is 2.39. The molecule has 13 nitrogen and oxygen atoms in total. The third kappa shape index (κ3) is 11.6. The van der Waals surface area contributed by atoms with E-state index >= 15 is 0 Å². The SMILES string of the molecule is CCCCCCOC(=O)[C@@H](C)N[P@@](=O)(CO[C@H](C)Cn1cnc2c(N)ncnc21)NC(C)(C)C(=O)OCCCCCC. The molecule has 2 rings (SSSR count). The number of hydrogen-bond acceptors (Lipinski definition) is 10. The number of nitrogens with one attached hydrogen (secondary N) is 2. The van der Waals surface area contributed by atoms with Gasteiger partial charge in [0.15, 0.2) is 11.5 Å². The maximum atomic E-state index is 14.2. The number of unbranched alkanes of at least 4 members (excludes halogenated alkanes) is 6. The number of hydrogen-bond donors (Lipinski definition) is 3. The highest BCUT2D eigenvalue weighted by molar-refractivity contribution is 7.59. The predicted molar refractivity (Wildman–Crippen MR) is 163 cm³/mol. The molecule has 238 valence electrons. The fourth-order valence-corrected chi connectivity index (χ4v) is 6.65. The molecule has 14 heteroatoms. The minimum Gasteiger partial charge on any atom is -0.465 e. The first-order valence-electron chi connectivity index (χ1n) is 15.0. The van der Waals surface area contributed by atoms with E-state index in [9.17, 15) is 14.2 Å². The van der Waals surface area contributed by atoms with E-state index in [0.717, 1.165) is 51.4 Å². The number of nitrogens with two attached hydrogens (primary N) is 1. The van der Waals surface area contributed by atoms with Crippen LogP contribution in [0.25, 0.3) is 11.2 Å². The van der Waals surface area contributed by atoms with Crippen LogP contribution in [0.2, 0.25) is 0 Å². The van der Waals surface area contributed by atoms with Crippen LogP contribution in [0.1, 0.15) is 92.9 Å². The van der Waals surface area contributed by atoms with Crippen molar-refractivity contribution in [3.63, 3.8) is 0 Å². The quantitative estimate of drug-likeness (QED) is 0.102. The van der Waals surface area contributed by atoms with E-state index in [0.29, 0.717) is 24.3 Å². The standard InChI is InChI=1S/C28H50N7O6P/c1-7-9-11-13-15-39-26(36)22(4)33-42(38,34-28(5,6)27(37)40-16-14-12-10-8-2)20-41-21(3)17-35-19-32-23-24(29)30-18-31-25(23)35/h18-19,21-22H,7-17,20H2,1-6H3,(H2,29,30,31)(H2,33,34,38)/t21-,22-,42+/m1/s1. The number of anilines is 1. The number of rotatable bonds is 21. The van der Waals surface area contributed by atoms with Crippen LogP contribution in [0.3, 0.4) is 0 Å². The molecule has 4 N–H and O–H groups in total. The van der Waals surface area contributed by atoms with E-state index in [2.05, 4.69) is 39.0 Å². The minimum atomic E-state index is -3.70. The topological polar surface area (TPSA) is 173 Å². The molecule has 0 saturated carbocycles. The molecule has 2 aromatic rings. The summed E-state index contributed by atoms with van der Waals surface area (Å²) in [6.45, 7) is 11.7. The summed E-state index contributed by atoms with van der Waals surface area (Å²) in [6.07, 6.45) is 9.94. The number of fused-ring (bicyclic) bond motifs is 1. The number of nitrogens with zero attached hydrogens (tertiary/aromatic N) is 4. The van der Waals surface area contributed by atoms with Gasteiger partial charge in [0.05, 0.1) is 32.2 Å². The van der Waals surface area contributed by atoms with Gasteiger partial charge >= 0.3 is 11.9 Å². The van der Waals surface area contributed by atoms with E-state index < -0.39 is 37.1 Å². The number of esters is 2. The Balaban J connectivity index is 2.09. The summed E-state index contributed by atoms with van der Waals surface area (Å²) in [7, 11) is -3.70. The third-order valence-electron chi connectivity index (χ3n) is 6.62. The molecule has 0 aromatic carbocycles. The maximum absolute atomic E-state index is 14.2. The molecule has 0 fully saturated rings. The van der Waals surface area contributed by atoms with Crippen molar-refractivity contribution in [2.45, 2.75) is 117 Å². The van der Waals surface area contributed by atoms with Gasteiger partial charge in [-0.15, -0.1) is 0 Å². The number of carbonyl (C=O) groups excluding carboxylic acids is 2. The van der Waals surface area contributed by atoms with Crippen molar-refractivity contribution < 1.29 is 28.4 Å². The molecule has 0 aliphatic carbocycles. The largest absolute Gasteiger partial charge is 0.465 e. The molecule has 0 aliphatic heterocycles. The van der Waals surface area contributed by atoms with E-state index in [1.54, 1.807) is 31.7 Å². The Morgan fingerprint density at radius 3 is 2.29 bits per heavy atom. The van der Waals surface area contributed by atoms with E-state index in [4.69, 9.17) is 19.9 Å². The lowest BCUT2D eigenvalue weighted by Gasteiger charge is -2.32. The average Bonchev–Trinajstić information content (AvgIpc) is 3.35. The summed E-state index contributed by atoms with van der Waals surface area (Å²) in [5, 5.41) is 5.80. The molecule has 0 spiro atoms. The van der Waals surface area contributed by atoms with Crippen molar-refractivity contribution in [3.05, 3.63) is 12.7 Å². The van der Waals surface area contributed by atoms with Gasteiger partial charge in [-0.05, 0) is 40.5 Å². The fraction of sp³-hybridized carbons (Fsp3) is 0.750. The predicted octanol–water partition coefficient (Wildman–Crippen LogP) is 4.56. The van der Waals surface area contributed by atoms with Crippen molar-refractivity contribution in [1.82, 2.24) is 29.7 Å². The summed E-state index contributed by atoms with van der Waals surface area (Å²) < 4.78 is 32.8. The fourth-order valence-electron chi connectivity index (χ4n) is 4.26. The smallest absolute Gasteiger partial charge is 0.326 e. The maximum Gasteiger partial charge on any atom is 0.326 e. The van der Waals surface area contributed by atoms with Crippen LogP contribution >= 0.6 is 7.44 Å². The molecule has 0 aliphatic rings. The monoisotopic (exact) mass is 611 g/mol. The zero-order valence-electron chi connectivity index (χ0n) is 26.1. The normalized spacial score (nSPS) is 14.8. The van der Waals surface area contributed by atoms with Crippen LogP contribution < -0.4 is 15.9 Å². The van der Waals surface area contributed by atoms with Gasteiger partial charge in [0.1, 0.15) is 29.8 Å². The van der Waals surface area contributed by atoms with Gasteiger partial charge in [-0.3, -0.25) is 14.2 Å². The first-order valence-corrected chi connectivity index (χ1v) is 16.8. The van der Waals surface area contributed by atoms with Gasteiger partial charge in [0.2, 0.25) is 7.44 Å². The zero-order valence-corrected chi connectivity index (χ0v) is 27.0. The van der Waals surface area contributed by atoms with Crippen molar-refractivity contribution in [2.24, 2.45) is 0 Å². The second-order valence-electron chi connectivity index (χ2n) is 11.2. The van der Waals surface area contributed by atoms with Crippen LogP contribution in [-0.4, -0.2) is 68.7 Å². The first-order chi connectivity index (χ1) is 19.9. The second kappa shape index (κ2) is 17.5. The van der Waals surface area contributed by atoms with Gasteiger partial charge in [0, 0.05) is 0 Å². The highest BCUT2D eigenvalue weighted by atomic mass is 31.2. The second-order valence-corrected chi connectivity index (χ2v) is 13.4. The van der Waals surface area contributed by atoms with Crippen molar-refractivity contribution in [3.8, 4) is 0 Å². The minimum absolute atomic E-state index is 0.274. The lowest BCUT2D eigenvalue weighted by Crippen LogP contribution is -2.50. The summed E-state index contributed by atoms with van der Waals surface area (Å²) in [6, 6.07) is -0.911. The molecule has 0 unspecified atom stereocenters. The van der Waals surface area contributed by atoms with Crippen LogP contribution in [0.5, 0.6) is 0 Å². The Bertz CT molecular complexity index is 1170. The Morgan fingerprint density at radius 1 is 1.00 bits per heavy atom. The lowest BCUT2D eigenvalue weighted by molar-refractivity contribution is -0.149. The number of carbonyl (C=O) groups is 2. The van der Waals surface area contributed by atoms with Crippen LogP contribution in [0, 0.1) is 0 Å². The molecule has 0 amide bonds. The van der Waals surface area contributed by atoms with Gasteiger partial charge in [-0.2, -0.15) is 0 Å². The van der Waals surface area contributed by atoms with E-state index in [1.807, 2.05) is 6.92 Å². The Morgan fingerprint density at radius 2 is 1.64 bits per heavy atom. The number of ether oxygens (including phenoxy) is 3. The lowest BCUT2D eigenvalue weighted by atomic mass is 10.1. The van der Waals surface area contributed by atoms with Crippen LogP contribution in [0.15, 0.2) is 12.7 Å². The van der Waals surface area contributed by atoms with Gasteiger partial charge < -0.3 is 24.5 Å². The van der Waals surface area contributed by atoms with Crippen LogP contribution in [0.4, 0.5) is 5.82 Å². The molecular weight excluding hydrogens is 561 g/mol. The zero-order chi connectivity index (χ0) is 31.2. The van der Waals surface area contributed by atoms with E-state index in [1.165, 1.54) is 6.33 Å². The molecule has 3 atom stereocenters. The molecule has 0 radical (unpaired) electrons. The molecule has 0 saturated heterocycles. The van der Waals surface area contributed by atoms with Gasteiger partial charge in [0.25, 0.3) is 0 Å². The molecule has 42 heavy (non-hydrogen) atoms. The van der Waals surface area contributed by atoms with E-state index in [-0.39, 0.29) is 18.8 Å². The molecule has 0 bridgehead atoms. The van der Waals surface area contributed by atoms with Gasteiger partial charge in [-0.25, -0.2) is 25.1 Å².